The zero-order valence-corrected chi connectivity index (χ0v) is 11.7. The number of thioether (sulfide) groups is 1. The summed E-state index contributed by atoms with van der Waals surface area (Å²) < 4.78 is 6.03. The lowest BCUT2D eigenvalue weighted by Gasteiger charge is -2.06. The molecule has 9 nitrogen and oxygen atoms in total. The van der Waals surface area contributed by atoms with Crippen molar-refractivity contribution in [3.63, 3.8) is 0 Å². The van der Waals surface area contributed by atoms with Crippen LogP contribution in [0.25, 0.3) is 0 Å². The molecule has 1 aromatic heterocycles. The lowest BCUT2D eigenvalue weighted by molar-refractivity contribution is -0.134. The van der Waals surface area contributed by atoms with Gasteiger partial charge in [-0.05, 0) is 0 Å². The van der Waals surface area contributed by atoms with Crippen molar-refractivity contribution in [1.82, 2.24) is 20.1 Å². The van der Waals surface area contributed by atoms with Gasteiger partial charge in [0, 0.05) is 26.6 Å². The second kappa shape index (κ2) is 8.38. The molecular formula is C10H16N4O5S. The van der Waals surface area contributed by atoms with Crippen molar-refractivity contribution >= 4 is 23.6 Å². The van der Waals surface area contributed by atoms with Gasteiger partial charge in [0.1, 0.15) is 0 Å². The number of carbonyl (C=O) groups is 2. The van der Waals surface area contributed by atoms with Gasteiger partial charge in [-0.15, -0.1) is 5.10 Å². The van der Waals surface area contributed by atoms with Crippen molar-refractivity contribution in [2.75, 3.05) is 26.0 Å². The molecule has 20 heavy (non-hydrogen) atoms. The van der Waals surface area contributed by atoms with E-state index < -0.39 is 11.7 Å². The van der Waals surface area contributed by atoms with E-state index in [0.717, 1.165) is 11.8 Å². The molecule has 1 heterocycles. The Morgan fingerprint density at radius 3 is 2.95 bits per heavy atom. The maximum absolute atomic E-state index is 11.5. The minimum Gasteiger partial charge on any atom is -0.481 e. The molecule has 0 unspecified atom stereocenters. The van der Waals surface area contributed by atoms with E-state index in [1.807, 2.05) is 0 Å². The number of rotatable bonds is 9. The molecule has 1 rings (SSSR count). The van der Waals surface area contributed by atoms with E-state index in [2.05, 4.69) is 15.5 Å². The third-order valence-corrected chi connectivity index (χ3v) is 3.20. The first-order valence-electron chi connectivity index (χ1n) is 5.80. The fourth-order valence-corrected chi connectivity index (χ4v) is 2.02. The molecule has 0 atom stereocenters. The molecule has 1 amide bonds. The van der Waals surface area contributed by atoms with Crippen LogP contribution in [0.5, 0.6) is 0 Å². The summed E-state index contributed by atoms with van der Waals surface area (Å²) >= 11 is 0.918. The average Bonchev–Trinajstić information content (AvgIpc) is 2.75. The number of aromatic nitrogens is 3. The Morgan fingerprint density at radius 2 is 2.30 bits per heavy atom. The number of ether oxygens (including phenoxy) is 1. The van der Waals surface area contributed by atoms with E-state index in [-0.39, 0.29) is 29.8 Å². The Labute approximate surface area is 118 Å². The zero-order valence-electron chi connectivity index (χ0n) is 10.9. The number of hydrogen-bond acceptors (Lipinski definition) is 6. The number of hydrogen-bond donors (Lipinski definition) is 3. The first-order chi connectivity index (χ1) is 9.54. The van der Waals surface area contributed by atoms with Crippen molar-refractivity contribution in [2.24, 2.45) is 0 Å². The van der Waals surface area contributed by atoms with Gasteiger partial charge in [0.25, 0.3) is 0 Å². The molecule has 10 heteroatoms. The topological polar surface area (TPSA) is 126 Å². The maximum atomic E-state index is 11.5. The van der Waals surface area contributed by atoms with E-state index in [1.54, 1.807) is 0 Å². The van der Waals surface area contributed by atoms with Gasteiger partial charge >= 0.3 is 11.7 Å². The molecule has 0 spiro atoms. The molecule has 0 aliphatic rings. The summed E-state index contributed by atoms with van der Waals surface area (Å²) in [4.78, 5) is 33.5. The second-order valence-corrected chi connectivity index (χ2v) is 4.68. The Balaban J connectivity index is 2.50. The van der Waals surface area contributed by atoms with Crippen molar-refractivity contribution in [2.45, 2.75) is 18.1 Å². The van der Waals surface area contributed by atoms with E-state index in [9.17, 15) is 14.4 Å². The van der Waals surface area contributed by atoms with Crippen LogP contribution in [0.3, 0.4) is 0 Å². The zero-order chi connectivity index (χ0) is 15.0. The first kappa shape index (κ1) is 16.2. The molecule has 1 aromatic rings. The fraction of sp³-hybridized carbons (Fsp3) is 0.600. The van der Waals surface area contributed by atoms with E-state index in [1.165, 1.54) is 11.7 Å². The highest BCUT2D eigenvalue weighted by Gasteiger charge is 2.12. The number of nitrogens with zero attached hydrogens (tertiary/aromatic N) is 2. The third kappa shape index (κ3) is 5.45. The largest absolute Gasteiger partial charge is 0.481 e. The van der Waals surface area contributed by atoms with E-state index in [0.29, 0.717) is 13.2 Å². The molecule has 0 aromatic carbocycles. The first-order valence-corrected chi connectivity index (χ1v) is 6.78. The van der Waals surface area contributed by atoms with Crippen LogP contribution >= 0.6 is 11.8 Å². The summed E-state index contributed by atoms with van der Waals surface area (Å²) in [6.07, 6.45) is 0.101. The molecule has 0 saturated carbocycles. The SMILES string of the molecule is COCCNC(=O)CCn1c(SCC(=O)O)n[nH]c1=O. The third-order valence-electron chi connectivity index (χ3n) is 2.24. The summed E-state index contributed by atoms with van der Waals surface area (Å²) in [5, 5.41) is 17.4. The molecule has 0 radical (unpaired) electrons. The molecule has 0 aliphatic carbocycles. The summed E-state index contributed by atoms with van der Waals surface area (Å²) in [5.41, 5.74) is -0.470. The normalized spacial score (nSPS) is 10.4. The highest BCUT2D eigenvalue weighted by molar-refractivity contribution is 7.99. The van der Waals surface area contributed by atoms with Gasteiger partial charge in [0.2, 0.25) is 5.91 Å². The van der Waals surface area contributed by atoms with Gasteiger partial charge in [0.05, 0.1) is 12.4 Å². The Hall–Kier alpha value is -1.81. The van der Waals surface area contributed by atoms with Crippen LogP contribution in [0.1, 0.15) is 6.42 Å². The lowest BCUT2D eigenvalue weighted by atomic mass is 10.4. The highest BCUT2D eigenvalue weighted by atomic mass is 32.2. The number of carboxylic acids is 1. The van der Waals surface area contributed by atoms with Gasteiger partial charge in [-0.1, -0.05) is 11.8 Å². The second-order valence-electron chi connectivity index (χ2n) is 3.74. The van der Waals surface area contributed by atoms with Gasteiger partial charge in [0.15, 0.2) is 5.16 Å². The van der Waals surface area contributed by atoms with Crippen molar-refractivity contribution in [3.05, 3.63) is 10.5 Å². The number of carbonyl (C=O) groups excluding carboxylic acids is 1. The lowest BCUT2D eigenvalue weighted by Crippen LogP contribution is -2.29. The predicted octanol–water partition coefficient (Wildman–Crippen LogP) is -1.10. The van der Waals surface area contributed by atoms with Crippen molar-refractivity contribution < 1.29 is 19.4 Å². The number of carboxylic acid groups (broad SMARTS) is 1. The highest BCUT2D eigenvalue weighted by Crippen LogP contribution is 2.12. The molecule has 0 saturated heterocycles. The van der Waals surface area contributed by atoms with Crippen LogP contribution in [0, 0.1) is 0 Å². The van der Waals surface area contributed by atoms with Crippen LogP contribution in [0.2, 0.25) is 0 Å². The Kier molecular flexibility index (Phi) is 6.81. The number of aliphatic carboxylic acids is 1. The quantitative estimate of drug-likeness (QED) is 0.390. The van der Waals surface area contributed by atoms with Crippen molar-refractivity contribution in [3.8, 4) is 0 Å². The van der Waals surface area contributed by atoms with Gasteiger partial charge in [-0.25, -0.2) is 9.89 Å². The van der Waals surface area contributed by atoms with Crippen molar-refractivity contribution in [1.29, 1.82) is 0 Å². The van der Waals surface area contributed by atoms with E-state index in [4.69, 9.17) is 9.84 Å². The van der Waals surface area contributed by atoms with Crippen LogP contribution in [0.4, 0.5) is 0 Å². The Bertz CT molecular complexity index is 512. The number of methoxy groups -OCH3 is 1. The van der Waals surface area contributed by atoms with Gasteiger partial charge in [-0.3, -0.25) is 14.2 Å². The summed E-state index contributed by atoms with van der Waals surface area (Å²) in [5.74, 6) is -1.43. The monoisotopic (exact) mass is 304 g/mol. The predicted molar refractivity (Wildman–Crippen MR) is 70.7 cm³/mol. The van der Waals surface area contributed by atoms with Crippen LogP contribution < -0.4 is 11.0 Å². The van der Waals surface area contributed by atoms with Crippen LogP contribution in [-0.2, 0) is 20.9 Å². The fourth-order valence-electron chi connectivity index (χ4n) is 1.33. The number of nitrogens with one attached hydrogen (secondary N) is 2. The van der Waals surface area contributed by atoms with Crippen LogP contribution in [0.15, 0.2) is 9.95 Å². The molecule has 0 bridgehead atoms. The standard InChI is InChI=1S/C10H16N4O5S/c1-19-5-3-11-7(15)2-4-14-9(18)12-13-10(14)20-6-8(16)17/h2-6H2,1H3,(H,11,15)(H,12,18)(H,16,17). The summed E-state index contributed by atoms with van der Waals surface area (Å²) in [6, 6.07) is 0. The minimum absolute atomic E-state index is 0.101. The van der Waals surface area contributed by atoms with Gasteiger partial charge < -0.3 is 15.2 Å². The smallest absolute Gasteiger partial charge is 0.343 e. The number of amides is 1. The minimum atomic E-state index is -1.01. The number of H-pyrrole nitrogens is 1. The molecule has 3 N–H and O–H groups in total. The molecule has 112 valence electrons. The van der Waals surface area contributed by atoms with E-state index >= 15 is 0 Å². The summed E-state index contributed by atoms with van der Waals surface area (Å²) in [7, 11) is 1.53. The molecule has 0 fully saturated rings. The molecular weight excluding hydrogens is 288 g/mol. The molecule has 0 aliphatic heterocycles. The summed E-state index contributed by atoms with van der Waals surface area (Å²) in [6.45, 7) is 0.948. The van der Waals surface area contributed by atoms with Gasteiger partial charge in [-0.2, -0.15) is 0 Å². The maximum Gasteiger partial charge on any atom is 0.343 e. The number of aromatic amines is 1. The Morgan fingerprint density at radius 1 is 1.55 bits per heavy atom. The average molecular weight is 304 g/mol. The van der Waals surface area contributed by atoms with Crippen LogP contribution in [-0.4, -0.2) is 57.8 Å².